The molecule has 2 aliphatic heterocycles. The van der Waals surface area contributed by atoms with Crippen molar-refractivity contribution in [3.05, 3.63) is 53.6 Å². The number of carboxylic acid groups (broad SMARTS) is 2. The second-order valence-electron chi connectivity index (χ2n) is 7.20. The molecule has 2 heterocycles. The molecule has 1 saturated heterocycles. The number of aliphatic carboxylic acids is 2. The lowest BCUT2D eigenvalue weighted by atomic mass is 10.1. The molecule has 9 heteroatoms. The number of fused-ring (bicyclic) bond motifs is 1. The van der Waals surface area contributed by atoms with Crippen LogP contribution < -0.4 is 14.2 Å². The summed E-state index contributed by atoms with van der Waals surface area (Å²) in [5.41, 5.74) is 2.62. The maximum Gasteiger partial charge on any atom is 0.414 e. The first kappa shape index (κ1) is 22.4. The first-order valence-corrected chi connectivity index (χ1v) is 9.87. The normalized spacial score (nSPS) is 15.6. The van der Waals surface area contributed by atoms with Crippen LogP contribution >= 0.6 is 0 Å². The Morgan fingerprint density at radius 3 is 1.90 bits per heavy atom. The van der Waals surface area contributed by atoms with E-state index in [0.29, 0.717) is 6.79 Å². The van der Waals surface area contributed by atoms with E-state index in [4.69, 9.17) is 34.0 Å². The third-order valence-corrected chi connectivity index (χ3v) is 5.06. The summed E-state index contributed by atoms with van der Waals surface area (Å²) in [6.45, 7) is 6.67. The van der Waals surface area contributed by atoms with E-state index in [1.54, 1.807) is 7.11 Å². The summed E-state index contributed by atoms with van der Waals surface area (Å²) < 4.78 is 16.1. The highest BCUT2D eigenvalue weighted by Crippen LogP contribution is 2.32. The number of methoxy groups -OCH3 is 1. The predicted octanol–water partition coefficient (Wildman–Crippen LogP) is 1.90. The van der Waals surface area contributed by atoms with E-state index in [0.717, 1.165) is 56.5 Å². The van der Waals surface area contributed by atoms with Gasteiger partial charge in [-0.05, 0) is 35.4 Å². The number of ether oxygens (including phenoxy) is 3. The maximum absolute atomic E-state index is 9.10. The number of hydrogen-bond acceptors (Lipinski definition) is 7. The van der Waals surface area contributed by atoms with E-state index in [2.05, 4.69) is 34.1 Å². The molecule has 4 rings (SSSR count). The van der Waals surface area contributed by atoms with Crippen molar-refractivity contribution in [1.82, 2.24) is 9.80 Å². The van der Waals surface area contributed by atoms with Crippen molar-refractivity contribution in [1.29, 1.82) is 0 Å². The van der Waals surface area contributed by atoms with Crippen molar-refractivity contribution in [3.63, 3.8) is 0 Å². The van der Waals surface area contributed by atoms with Gasteiger partial charge in [-0.25, -0.2) is 9.59 Å². The van der Waals surface area contributed by atoms with Crippen LogP contribution in [-0.2, 0) is 22.7 Å². The van der Waals surface area contributed by atoms with Crippen molar-refractivity contribution in [3.8, 4) is 17.2 Å². The number of carboxylic acids is 2. The number of piperazine rings is 1. The highest BCUT2D eigenvalue weighted by molar-refractivity contribution is 6.27. The quantitative estimate of drug-likeness (QED) is 0.688. The zero-order valence-corrected chi connectivity index (χ0v) is 17.3. The van der Waals surface area contributed by atoms with Gasteiger partial charge >= 0.3 is 11.9 Å². The van der Waals surface area contributed by atoms with E-state index in [1.807, 2.05) is 18.2 Å². The van der Waals surface area contributed by atoms with Crippen LogP contribution in [0.3, 0.4) is 0 Å². The van der Waals surface area contributed by atoms with Gasteiger partial charge in [0.1, 0.15) is 5.75 Å². The van der Waals surface area contributed by atoms with Gasteiger partial charge in [0.2, 0.25) is 6.79 Å². The summed E-state index contributed by atoms with van der Waals surface area (Å²) in [6.07, 6.45) is 0. The van der Waals surface area contributed by atoms with Gasteiger partial charge in [-0.2, -0.15) is 0 Å². The van der Waals surface area contributed by atoms with Crippen LogP contribution in [0, 0.1) is 0 Å². The van der Waals surface area contributed by atoms with E-state index >= 15 is 0 Å². The minimum atomic E-state index is -1.82. The number of rotatable bonds is 5. The average molecular weight is 430 g/mol. The van der Waals surface area contributed by atoms with Crippen LogP contribution in [0.1, 0.15) is 11.1 Å². The molecule has 0 atom stereocenters. The molecule has 2 aromatic carbocycles. The number of carbonyl (C=O) groups is 2. The molecule has 0 bridgehead atoms. The van der Waals surface area contributed by atoms with Crippen LogP contribution in [-0.4, -0.2) is 72.0 Å². The van der Waals surface area contributed by atoms with Gasteiger partial charge in [-0.3, -0.25) is 9.80 Å². The molecule has 0 saturated carbocycles. The molecule has 9 nitrogen and oxygen atoms in total. The number of benzene rings is 2. The fourth-order valence-corrected chi connectivity index (χ4v) is 3.39. The molecular formula is C22H26N2O7. The molecule has 0 amide bonds. The van der Waals surface area contributed by atoms with Gasteiger partial charge in [0.25, 0.3) is 0 Å². The minimum absolute atomic E-state index is 0.336. The Morgan fingerprint density at radius 2 is 1.35 bits per heavy atom. The van der Waals surface area contributed by atoms with Gasteiger partial charge in [0, 0.05) is 39.3 Å². The molecule has 0 aromatic heterocycles. The van der Waals surface area contributed by atoms with Gasteiger partial charge < -0.3 is 24.4 Å². The second-order valence-corrected chi connectivity index (χ2v) is 7.20. The molecule has 166 valence electrons. The molecule has 2 aromatic rings. The van der Waals surface area contributed by atoms with E-state index in [-0.39, 0.29) is 0 Å². The summed E-state index contributed by atoms with van der Waals surface area (Å²) in [7, 11) is 1.70. The lowest BCUT2D eigenvalue weighted by Gasteiger charge is -2.34. The average Bonchev–Trinajstić information content (AvgIpc) is 3.24. The van der Waals surface area contributed by atoms with Gasteiger partial charge in [0.05, 0.1) is 7.11 Å². The Balaban J connectivity index is 0.000000401. The second kappa shape index (κ2) is 10.6. The van der Waals surface area contributed by atoms with E-state index in [1.165, 1.54) is 11.1 Å². The molecule has 0 unspecified atom stereocenters. The van der Waals surface area contributed by atoms with Crippen molar-refractivity contribution in [2.75, 3.05) is 40.1 Å². The van der Waals surface area contributed by atoms with Gasteiger partial charge in [-0.1, -0.05) is 18.2 Å². The predicted molar refractivity (Wildman–Crippen MR) is 111 cm³/mol. The van der Waals surface area contributed by atoms with Crippen molar-refractivity contribution >= 4 is 11.9 Å². The first-order chi connectivity index (χ1) is 14.9. The largest absolute Gasteiger partial charge is 0.497 e. The molecular weight excluding hydrogens is 404 g/mol. The molecule has 0 radical (unpaired) electrons. The lowest BCUT2D eigenvalue weighted by Crippen LogP contribution is -2.45. The van der Waals surface area contributed by atoms with Crippen molar-refractivity contribution in [2.24, 2.45) is 0 Å². The first-order valence-electron chi connectivity index (χ1n) is 9.87. The van der Waals surface area contributed by atoms with Crippen LogP contribution in [0.15, 0.2) is 42.5 Å². The third kappa shape index (κ3) is 6.59. The monoisotopic (exact) mass is 430 g/mol. The van der Waals surface area contributed by atoms with Crippen molar-refractivity contribution < 1.29 is 34.0 Å². The minimum Gasteiger partial charge on any atom is -0.497 e. The smallest absolute Gasteiger partial charge is 0.414 e. The lowest BCUT2D eigenvalue weighted by molar-refractivity contribution is -0.159. The fourth-order valence-electron chi connectivity index (χ4n) is 3.39. The van der Waals surface area contributed by atoms with Crippen molar-refractivity contribution in [2.45, 2.75) is 13.1 Å². The third-order valence-electron chi connectivity index (χ3n) is 5.06. The van der Waals surface area contributed by atoms with Crippen LogP contribution in [0.25, 0.3) is 0 Å². The van der Waals surface area contributed by atoms with Gasteiger partial charge in [-0.15, -0.1) is 0 Å². The van der Waals surface area contributed by atoms with E-state index < -0.39 is 11.9 Å². The molecule has 0 aliphatic carbocycles. The summed E-state index contributed by atoms with van der Waals surface area (Å²) in [4.78, 5) is 23.2. The zero-order valence-electron chi connectivity index (χ0n) is 17.3. The maximum atomic E-state index is 9.10. The molecule has 0 spiro atoms. The van der Waals surface area contributed by atoms with Crippen LogP contribution in [0.5, 0.6) is 17.2 Å². The molecule has 31 heavy (non-hydrogen) atoms. The Labute approximate surface area is 180 Å². The SMILES string of the molecule is COc1ccc(CN2CCN(Cc3ccc4c(c3)OCO4)CC2)cc1.O=C(O)C(=O)O. The number of nitrogens with zero attached hydrogens (tertiary/aromatic N) is 2. The standard InChI is InChI=1S/C20H24N2O3.C2H2O4/c1-23-18-5-2-16(3-6-18)13-21-8-10-22(11-9-21)14-17-4-7-19-20(12-17)25-15-24-19;3-1(4)2(5)6/h2-7,12H,8-11,13-15H2,1H3;(H,3,4)(H,5,6). The van der Waals surface area contributed by atoms with Crippen LogP contribution in [0.4, 0.5) is 0 Å². The Kier molecular flexibility index (Phi) is 7.69. The number of hydrogen-bond donors (Lipinski definition) is 2. The Morgan fingerprint density at radius 1 is 0.839 bits per heavy atom. The fraction of sp³-hybridized carbons (Fsp3) is 0.364. The van der Waals surface area contributed by atoms with Gasteiger partial charge in [0.15, 0.2) is 11.5 Å². The molecule has 2 N–H and O–H groups in total. The highest BCUT2D eigenvalue weighted by Gasteiger charge is 2.19. The Hall–Kier alpha value is -3.30. The highest BCUT2D eigenvalue weighted by atomic mass is 16.7. The van der Waals surface area contributed by atoms with Crippen LogP contribution in [0.2, 0.25) is 0 Å². The summed E-state index contributed by atoms with van der Waals surface area (Å²) in [5, 5.41) is 14.8. The Bertz CT molecular complexity index is 881. The summed E-state index contributed by atoms with van der Waals surface area (Å²) >= 11 is 0. The molecule has 2 aliphatic rings. The zero-order chi connectivity index (χ0) is 22.2. The molecule has 1 fully saturated rings. The van der Waals surface area contributed by atoms with E-state index in [9.17, 15) is 0 Å². The summed E-state index contributed by atoms with van der Waals surface area (Å²) in [5.74, 6) is -1.01. The summed E-state index contributed by atoms with van der Waals surface area (Å²) in [6, 6.07) is 14.6. The topological polar surface area (TPSA) is 109 Å².